The lowest BCUT2D eigenvalue weighted by Crippen LogP contribution is -2.21. The van der Waals surface area contributed by atoms with Crippen molar-refractivity contribution in [2.24, 2.45) is 5.92 Å². The van der Waals surface area contributed by atoms with Gasteiger partial charge < -0.3 is 9.63 Å². The predicted octanol–water partition coefficient (Wildman–Crippen LogP) is 3.88. The Bertz CT molecular complexity index is 1200. The van der Waals surface area contributed by atoms with Gasteiger partial charge in [-0.2, -0.15) is 10.1 Å². The Labute approximate surface area is 192 Å². The van der Waals surface area contributed by atoms with Gasteiger partial charge in [0, 0.05) is 49.7 Å². The normalized spacial score (nSPS) is 16.7. The number of rotatable bonds is 7. The van der Waals surface area contributed by atoms with Gasteiger partial charge in [0.25, 0.3) is 5.89 Å². The number of aliphatic hydroxyl groups is 1. The lowest BCUT2D eigenvalue weighted by Gasteiger charge is -2.14. The van der Waals surface area contributed by atoms with E-state index in [0.29, 0.717) is 17.6 Å². The van der Waals surface area contributed by atoms with Gasteiger partial charge in [-0.25, -0.2) is 0 Å². The number of likely N-dealkylation sites (tertiary alicyclic amines) is 1. The van der Waals surface area contributed by atoms with Crippen molar-refractivity contribution in [3.8, 4) is 34.1 Å². The molecule has 1 atom stereocenters. The number of pyridine rings is 1. The van der Waals surface area contributed by atoms with Crippen LogP contribution in [0.1, 0.15) is 25.8 Å². The van der Waals surface area contributed by atoms with Crippen molar-refractivity contribution in [2.75, 3.05) is 13.1 Å². The SMILES string of the molecule is CC(C)Cn1ncc(-c2nc(-c3ccc(CN4CCC(O)C4)cc3)no2)c1-c1ccncc1. The highest BCUT2D eigenvalue weighted by Crippen LogP contribution is 2.32. The molecule has 0 saturated carbocycles. The lowest BCUT2D eigenvalue weighted by atomic mass is 10.1. The fourth-order valence-corrected chi connectivity index (χ4v) is 4.26. The zero-order valence-electron chi connectivity index (χ0n) is 18.9. The molecule has 4 heterocycles. The second-order valence-corrected chi connectivity index (χ2v) is 9.02. The predicted molar refractivity (Wildman–Crippen MR) is 125 cm³/mol. The maximum Gasteiger partial charge on any atom is 0.262 e. The van der Waals surface area contributed by atoms with Crippen LogP contribution in [0.2, 0.25) is 0 Å². The van der Waals surface area contributed by atoms with E-state index in [0.717, 1.165) is 55.0 Å². The molecule has 4 aromatic rings. The highest BCUT2D eigenvalue weighted by Gasteiger charge is 2.22. The van der Waals surface area contributed by atoms with E-state index < -0.39 is 0 Å². The van der Waals surface area contributed by atoms with E-state index in [1.54, 1.807) is 18.6 Å². The summed E-state index contributed by atoms with van der Waals surface area (Å²) in [4.78, 5) is 11.1. The van der Waals surface area contributed by atoms with Crippen molar-refractivity contribution in [1.29, 1.82) is 0 Å². The number of aromatic nitrogens is 5. The second-order valence-electron chi connectivity index (χ2n) is 9.02. The van der Waals surface area contributed by atoms with Crippen LogP contribution in [0.25, 0.3) is 34.1 Å². The van der Waals surface area contributed by atoms with Crippen molar-refractivity contribution in [2.45, 2.75) is 39.5 Å². The zero-order valence-corrected chi connectivity index (χ0v) is 18.9. The molecule has 0 aliphatic carbocycles. The molecule has 3 aromatic heterocycles. The fourth-order valence-electron chi connectivity index (χ4n) is 4.26. The molecule has 33 heavy (non-hydrogen) atoms. The summed E-state index contributed by atoms with van der Waals surface area (Å²) >= 11 is 0. The summed E-state index contributed by atoms with van der Waals surface area (Å²) in [7, 11) is 0. The van der Waals surface area contributed by atoms with Gasteiger partial charge in [-0.3, -0.25) is 14.6 Å². The Balaban J connectivity index is 1.40. The summed E-state index contributed by atoms with van der Waals surface area (Å²) < 4.78 is 7.66. The van der Waals surface area contributed by atoms with Crippen LogP contribution in [-0.4, -0.2) is 54.1 Å². The summed E-state index contributed by atoms with van der Waals surface area (Å²) in [5, 5.41) is 18.6. The number of hydrogen-bond acceptors (Lipinski definition) is 7. The fraction of sp³-hybridized carbons (Fsp3) is 0.360. The molecule has 0 spiro atoms. The summed E-state index contributed by atoms with van der Waals surface area (Å²) in [6, 6.07) is 12.1. The van der Waals surface area contributed by atoms with Gasteiger partial charge in [0.1, 0.15) is 0 Å². The first-order valence-corrected chi connectivity index (χ1v) is 11.4. The smallest absolute Gasteiger partial charge is 0.262 e. The zero-order chi connectivity index (χ0) is 22.8. The lowest BCUT2D eigenvalue weighted by molar-refractivity contribution is 0.175. The van der Waals surface area contributed by atoms with E-state index in [9.17, 15) is 5.11 Å². The quantitative estimate of drug-likeness (QED) is 0.462. The summed E-state index contributed by atoms with van der Waals surface area (Å²) in [6.45, 7) is 7.62. The van der Waals surface area contributed by atoms with Crippen molar-refractivity contribution >= 4 is 0 Å². The third-order valence-corrected chi connectivity index (χ3v) is 5.85. The number of hydrogen-bond donors (Lipinski definition) is 1. The first kappa shape index (κ1) is 21.5. The molecule has 8 nitrogen and oxygen atoms in total. The molecule has 1 aliphatic rings. The Morgan fingerprint density at radius 2 is 1.88 bits per heavy atom. The summed E-state index contributed by atoms with van der Waals surface area (Å²) in [5.41, 5.74) is 4.87. The average molecular weight is 445 g/mol. The first-order valence-electron chi connectivity index (χ1n) is 11.4. The minimum absolute atomic E-state index is 0.205. The third-order valence-electron chi connectivity index (χ3n) is 5.85. The van der Waals surface area contributed by atoms with Gasteiger partial charge >= 0.3 is 0 Å². The molecule has 1 aromatic carbocycles. The molecule has 0 radical (unpaired) electrons. The van der Waals surface area contributed by atoms with Crippen LogP contribution >= 0.6 is 0 Å². The molecule has 1 saturated heterocycles. The van der Waals surface area contributed by atoms with E-state index in [2.05, 4.69) is 51.1 Å². The van der Waals surface area contributed by atoms with Gasteiger partial charge in [0.2, 0.25) is 5.82 Å². The van der Waals surface area contributed by atoms with Crippen LogP contribution in [0.4, 0.5) is 0 Å². The van der Waals surface area contributed by atoms with Crippen molar-refractivity contribution < 1.29 is 9.63 Å². The highest BCUT2D eigenvalue weighted by molar-refractivity contribution is 5.77. The van der Waals surface area contributed by atoms with Crippen LogP contribution in [0.3, 0.4) is 0 Å². The van der Waals surface area contributed by atoms with Gasteiger partial charge in [-0.1, -0.05) is 43.3 Å². The molecule has 1 unspecified atom stereocenters. The minimum atomic E-state index is -0.205. The molecule has 1 aliphatic heterocycles. The molecule has 8 heteroatoms. The number of benzene rings is 1. The van der Waals surface area contributed by atoms with E-state index in [4.69, 9.17) is 4.52 Å². The summed E-state index contributed by atoms with van der Waals surface area (Å²) in [5.74, 6) is 1.44. The van der Waals surface area contributed by atoms with Gasteiger partial charge in [0.05, 0.1) is 23.6 Å². The maximum atomic E-state index is 9.73. The van der Waals surface area contributed by atoms with Crippen molar-refractivity contribution in [3.05, 3.63) is 60.6 Å². The second kappa shape index (κ2) is 9.25. The van der Waals surface area contributed by atoms with Crippen LogP contribution in [0, 0.1) is 5.92 Å². The van der Waals surface area contributed by atoms with E-state index in [1.807, 2.05) is 28.9 Å². The summed E-state index contributed by atoms with van der Waals surface area (Å²) in [6.07, 6.45) is 5.98. The Morgan fingerprint density at radius 1 is 1.09 bits per heavy atom. The van der Waals surface area contributed by atoms with Gasteiger partial charge in [-0.05, 0) is 30.0 Å². The highest BCUT2D eigenvalue weighted by atomic mass is 16.5. The molecule has 5 rings (SSSR count). The van der Waals surface area contributed by atoms with Gasteiger partial charge in [0.15, 0.2) is 0 Å². The monoisotopic (exact) mass is 444 g/mol. The standard InChI is InChI=1S/C25H28N6O2/c1-17(2)14-31-23(19-7-10-26-11-8-19)22(13-27-31)25-28-24(29-33-25)20-5-3-18(4-6-20)15-30-12-9-21(32)16-30/h3-8,10-11,13,17,21,32H,9,12,14-16H2,1-2H3. The largest absolute Gasteiger partial charge is 0.392 e. The number of aliphatic hydroxyl groups excluding tert-OH is 1. The van der Waals surface area contributed by atoms with E-state index >= 15 is 0 Å². The maximum absolute atomic E-state index is 9.73. The molecule has 1 N–H and O–H groups in total. The Morgan fingerprint density at radius 3 is 2.58 bits per heavy atom. The molecule has 0 bridgehead atoms. The van der Waals surface area contributed by atoms with Crippen LogP contribution in [-0.2, 0) is 13.1 Å². The first-order chi connectivity index (χ1) is 16.1. The van der Waals surface area contributed by atoms with E-state index in [1.165, 1.54) is 5.56 Å². The van der Waals surface area contributed by atoms with Crippen LogP contribution in [0.5, 0.6) is 0 Å². The Hall–Kier alpha value is -3.36. The van der Waals surface area contributed by atoms with Gasteiger partial charge in [-0.15, -0.1) is 0 Å². The topological polar surface area (TPSA) is 93.1 Å². The van der Waals surface area contributed by atoms with Crippen molar-refractivity contribution in [1.82, 2.24) is 29.8 Å². The van der Waals surface area contributed by atoms with E-state index in [-0.39, 0.29) is 6.10 Å². The third kappa shape index (κ3) is 4.72. The van der Waals surface area contributed by atoms with Crippen LogP contribution in [0.15, 0.2) is 59.5 Å². The molecule has 170 valence electrons. The van der Waals surface area contributed by atoms with Crippen molar-refractivity contribution in [3.63, 3.8) is 0 Å². The minimum Gasteiger partial charge on any atom is -0.392 e. The van der Waals surface area contributed by atoms with Crippen LogP contribution < -0.4 is 0 Å². The number of nitrogens with zero attached hydrogens (tertiary/aromatic N) is 6. The number of β-amino-alcohol motifs (C(OH)–C–C–N with tert-alkyl or cyclic N) is 1. The molecular formula is C25H28N6O2. The molecule has 1 fully saturated rings. The Kier molecular flexibility index (Phi) is 6.02. The molecule has 0 amide bonds. The average Bonchev–Trinajstić information content (AvgIpc) is 3.55. The molecular weight excluding hydrogens is 416 g/mol.